The van der Waals surface area contributed by atoms with Gasteiger partial charge in [0.1, 0.15) is 41.0 Å². The maximum atomic E-state index is 14.2. The van der Waals surface area contributed by atoms with Crippen molar-refractivity contribution in [2.75, 3.05) is 21.2 Å². The molecule has 13 nitrogen and oxygen atoms in total. The highest BCUT2D eigenvalue weighted by Gasteiger charge is 2.59. The number of aliphatic hydroxyl groups excluding tert-OH is 3. The standard InChI is InChI=1S/C29H31NO12/c1-28(39)8-13(32)14-9(18(28)26(38)40-5)6-10-15(21(14)34)22(35)16-12(31)7-11-24(17(16)20(10)33)41-27-23(36)19(30(3)4)25(37)29(11,2)42-27/h6-7,13,18-19,23,25,27,31-32,34,36-37,39H,8H2,1-5H3/t13-,18-,19-,23-,25-,27-,28-,29-/m0/s1. The van der Waals surface area contributed by atoms with Gasteiger partial charge in [-0.25, -0.2) is 0 Å². The Morgan fingerprint density at radius 2 is 1.71 bits per heavy atom. The lowest BCUT2D eigenvalue weighted by atomic mass is 9.68. The zero-order chi connectivity index (χ0) is 30.8. The van der Waals surface area contributed by atoms with Crippen molar-refractivity contribution in [3.63, 3.8) is 0 Å². The van der Waals surface area contributed by atoms with Gasteiger partial charge in [-0.3, -0.25) is 14.4 Å². The van der Waals surface area contributed by atoms with Gasteiger partial charge in [-0.1, -0.05) is 0 Å². The van der Waals surface area contributed by atoms with E-state index in [1.807, 2.05) is 0 Å². The Hall–Kier alpha value is -3.59. The molecule has 8 atom stereocenters. The van der Waals surface area contributed by atoms with Crippen LogP contribution in [-0.4, -0.2) is 104 Å². The van der Waals surface area contributed by atoms with E-state index in [1.165, 1.54) is 13.8 Å². The molecular formula is C29H31NO12. The molecule has 2 bridgehead atoms. The van der Waals surface area contributed by atoms with Crippen LogP contribution in [-0.2, 0) is 19.9 Å². The van der Waals surface area contributed by atoms with Crippen molar-refractivity contribution >= 4 is 17.5 Å². The number of carbonyl (C=O) groups is 3. The number of phenolic OH excluding ortho intramolecular Hbond substituents is 2. The Kier molecular flexibility index (Phi) is 6.08. The minimum atomic E-state index is -1.83. The molecule has 0 spiro atoms. The van der Waals surface area contributed by atoms with Crippen LogP contribution in [0.5, 0.6) is 17.2 Å². The first kappa shape index (κ1) is 28.5. The number of benzene rings is 2. The summed E-state index contributed by atoms with van der Waals surface area (Å²) in [4.78, 5) is 42.4. The van der Waals surface area contributed by atoms with Crippen molar-refractivity contribution in [3.8, 4) is 17.2 Å². The van der Waals surface area contributed by atoms with Crippen LogP contribution in [0.25, 0.3) is 0 Å². The van der Waals surface area contributed by atoms with Crippen LogP contribution >= 0.6 is 0 Å². The van der Waals surface area contributed by atoms with E-state index in [-0.39, 0.29) is 40.0 Å². The Balaban J connectivity index is 1.60. The molecule has 2 heterocycles. The monoisotopic (exact) mass is 585 g/mol. The molecule has 6 rings (SSSR count). The van der Waals surface area contributed by atoms with Gasteiger partial charge < -0.3 is 49.7 Å². The molecule has 0 unspecified atom stereocenters. The fourth-order valence-electron chi connectivity index (χ4n) is 7.07. The number of phenols is 2. The van der Waals surface area contributed by atoms with Crippen molar-refractivity contribution in [1.29, 1.82) is 0 Å². The summed E-state index contributed by atoms with van der Waals surface area (Å²) in [6, 6.07) is 1.44. The zero-order valence-corrected chi connectivity index (χ0v) is 23.4. The third-order valence-corrected chi connectivity index (χ3v) is 9.11. The summed E-state index contributed by atoms with van der Waals surface area (Å²) >= 11 is 0. The minimum absolute atomic E-state index is 0.0545. The van der Waals surface area contributed by atoms with Crippen molar-refractivity contribution in [2.45, 2.75) is 68.0 Å². The molecule has 42 heavy (non-hydrogen) atoms. The van der Waals surface area contributed by atoms with Crippen LogP contribution < -0.4 is 4.74 Å². The Morgan fingerprint density at radius 3 is 2.33 bits per heavy atom. The van der Waals surface area contributed by atoms with Crippen molar-refractivity contribution < 1.29 is 59.2 Å². The lowest BCUT2D eigenvalue weighted by molar-refractivity contribution is -0.311. The predicted molar refractivity (Wildman–Crippen MR) is 140 cm³/mol. The Morgan fingerprint density at radius 1 is 1.05 bits per heavy atom. The van der Waals surface area contributed by atoms with Gasteiger partial charge in [0.05, 0.1) is 41.5 Å². The number of nitrogens with zero attached hydrogens (tertiary/aromatic N) is 1. The van der Waals surface area contributed by atoms with Crippen LogP contribution in [0.3, 0.4) is 0 Å². The second kappa shape index (κ2) is 8.96. The topological polar surface area (TPSA) is 204 Å². The number of aromatic hydroxyl groups is 2. The lowest BCUT2D eigenvalue weighted by Gasteiger charge is -2.53. The normalized spacial score (nSPS) is 34.6. The maximum Gasteiger partial charge on any atom is 0.316 e. The van der Waals surface area contributed by atoms with Gasteiger partial charge >= 0.3 is 5.97 Å². The molecule has 0 radical (unpaired) electrons. The van der Waals surface area contributed by atoms with Crippen LogP contribution in [0.4, 0.5) is 0 Å². The molecule has 224 valence electrons. The Bertz CT molecular complexity index is 1580. The van der Waals surface area contributed by atoms with Crippen LogP contribution in [0.15, 0.2) is 12.1 Å². The maximum absolute atomic E-state index is 14.2. The van der Waals surface area contributed by atoms with E-state index in [2.05, 4.69) is 0 Å². The molecule has 13 heteroatoms. The number of carbonyl (C=O) groups excluding carboxylic acids is 3. The predicted octanol–water partition coefficient (Wildman–Crippen LogP) is -0.0662. The molecule has 6 N–H and O–H groups in total. The molecule has 2 aliphatic heterocycles. The molecule has 0 amide bonds. The average Bonchev–Trinajstić information content (AvgIpc) is 2.89. The SMILES string of the molecule is COC(=O)[C@@H]1c2cc3c(c(O)c2[C@@H](O)C[C@]1(C)O)C(=O)c1c(O)cc2c(c1C3=O)O[C@H]1O[C@]2(C)[C@@H](O)[C@@H](N(C)C)[C@@H]1O. The van der Waals surface area contributed by atoms with E-state index in [1.54, 1.807) is 19.0 Å². The van der Waals surface area contributed by atoms with E-state index in [4.69, 9.17) is 14.2 Å². The highest BCUT2D eigenvalue weighted by Crippen LogP contribution is 2.55. The van der Waals surface area contributed by atoms with Crippen LogP contribution in [0, 0.1) is 0 Å². The van der Waals surface area contributed by atoms with Gasteiger partial charge in [0, 0.05) is 23.1 Å². The van der Waals surface area contributed by atoms with Gasteiger partial charge in [0.25, 0.3) is 0 Å². The third-order valence-electron chi connectivity index (χ3n) is 9.11. The quantitative estimate of drug-likeness (QED) is 0.218. The van der Waals surface area contributed by atoms with Gasteiger partial charge in [0.2, 0.25) is 12.1 Å². The summed E-state index contributed by atoms with van der Waals surface area (Å²) in [5.41, 5.74) is -5.43. The fraction of sp³-hybridized carbons (Fsp3) is 0.483. The second-order valence-corrected chi connectivity index (χ2v) is 12.0. The number of aliphatic hydroxyl groups is 4. The van der Waals surface area contributed by atoms with E-state index in [9.17, 15) is 45.0 Å². The molecular weight excluding hydrogens is 554 g/mol. The fourth-order valence-corrected chi connectivity index (χ4v) is 7.07. The summed E-state index contributed by atoms with van der Waals surface area (Å²) < 4.78 is 16.7. The highest BCUT2D eigenvalue weighted by molar-refractivity contribution is 6.31. The number of ketones is 2. The largest absolute Gasteiger partial charge is 0.507 e. The molecule has 2 aromatic carbocycles. The number of esters is 1. The minimum Gasteiger partial charge on any atom is -0.507 e. The summed E-state index contributed by atoms with van der Waals surface area (Å²) in [7, 11) is 4.39. The van der Waals surface area contributed by atoms with Crippen LogP contribution in [0.1, 0.15) is 80.8 Å². The van der Waals surface area contributed by atoms with Crippen LogP contribution in [0.2, 0.25) is 0 Å². The van der Waals surface area contributed by atoms with E-state index >= 15 is 0 Å². The summed E-state index contributed by atoms with van der Waals surface area (Å²) in [6.07, 6.45) is -5.98. The van der Waals surface area contributed by atoms with Gasteiger partial charge in [-0.05, 0) is 45.6 Å². The molecule has 1 fully saturated rings. The number of methoxy groups -OCH3 is 1. The number of fused-ring (bicyclic) bond motifs is 8. The molecule has 2 aliphatic carbocycles. The van der Waals surface area contributed by atoms with Crippen molar-refractivity contribution in [2.24, 2.45) is 0 Å². The first-order valence-corrected chi connectivity index (χ1v) is 13.3. The lowest BCUT2D eigenvalue weighted by Crippen LogP contribution is -2.68. The summed E-state index contributed by atoms with van der Waals surface area (Å²) in [5.74, 6) is -5.77. The number of hydrogen-bond donors (Lipinski definition) is 6. The van der Waals surface area contributed by atoms with Gasteiger partial charge in [0.15, 0.2) is 5.78 Å². The first-order valence-electron chi connectivity index (χ1n) is 13.3. The smallest absolute Gasteiger partial charge is 0.316 e. The first-order chi connectivity index (χ1) is 19.6. The number of ether oxygens (including phenoxy) is 3. The number of hydrogen-bond acceptors (Lipinski definition) is 13. The number of likely N-dealkylation sites (N-methyl/N-ethyl adjacent to an activating group) is 1. The van der Waals surface area contributed by atoms with E-state index < -0.39 is 87.9 Å². The summed E-state index contributed by atoms with van der Waals surface area (Å²) in [6.45, 7) is 2.81. The third kappa shape index (κ3) is 3.49. The average molecular weight is 586 g/mol. The number of rotatable bonds is 2. The van der Waals surface area contributed by atoms with Gasteiger partial charge in [-0.15, -0.1) is 0 Å². The van der Waals surface area contributed by atoms with E-state index in [0.29, 0.717) is 0 Å². The highest BCUT2D eigenvalue weighted by atomic mass is 16.7. The molecule has 2 aromatic rings. The molecule has 4 aliphatic rings. The second-order valence-electron chi connectivity index (χ2n) is 12.0. The van der Waals surface area contributed by atoms with Crippen molar-refractivity contribution in [3.05, 3.63) is 51.1 Å². The zero-order valence-electron chi connectivity index (χ0n) is 23.4. The van der Waals surface area contributed by atoms with Crippen molar-refractivity contribution in [1.82, 2.24) is 4.90 Å². The van der Waals surface area contributed by atoms with Gasteiger partial charge in [-0.2, -0.15) is 0 Å². The summed E-state index contributed by atoms with van der Waals surface area (Å²) in [5, 5.41) is 66.5. The molecule has 0 aromatic heterocycles. The molecule has 1 saturated heterocycles. The molecule has 0 saturated carbocycles. The Labute approximate surface area is 239 Å². The van der Waals surface area contributed by atoms with E-state index in [0.717, 1.165) is 19.2 Å².